The van der Waals surface area contributed by atoms with Crippen molar-refractivity contribution in [3.8, 4) is 5.75 Å². The fourth-order valence-electron chi connectivity index (χ4n) is 5.02. The SMILES string of the molecule is Cc1cc(Cc2nc(Cc3ccc(N=Nc4ccccc4)cc3)nc(N(C)CC(=O)O)n2)c(OCCCS(=O)(=O)O)cc1N=Nc1ccc(C(=O)O)cc1.O=C=O.O=S(=O)=O. The maximum Gasteiger partial charge on any atom is 0.425 e. The second kappa shape index (κ2) is 23.8. The number of hydrogen-bond donors (Lipinski definition) is 3. The van der Waals surface area contributed by atoms with E-state index < -0.39 is 38.4 Å². The number of aromatic nitrogens is 3. The van der Waals surface area contributed by atoms with Crippen molar-refractivity contribution in [1.29, 1.82) is 0 Å². The summed E-state index contributed by atoms with van der Waals surface area (Å²) in [6.07, 6.45) is 0.667. The minimum atomic E-state index is -4.20. The van der Waals surface area contributed by atoms with Gasteiger partial charge in [0.05, 0.1) is 40.7 Å². The van der Waals surface area contributed by atoms with E-state index in [2.05, 4.69) is 30.4 Å². The van der Waals surface area contributed by atoms with Gasteiger partial charge in [-0.3, -0.25) is 9.35 Å². The number of carbonyl (C=O) groups is 2. The number of carboxylic acids is 2. The number of aliphatic carboxylic acids is 1. The zero-order valence-corrected chi connectivity index (χ0v) is 33.9. The minimum absolute atomic E-state index is 0.00534. The second-order valence-electron chi connectivity index (χ2n) is 12.3. The molecule has 0 saturated heterocycles. The molecule has 21 nitrogen and oxygen atoms in total. The molecule has 0 amide bonds. The van der Waals surface area contributed by atoms with Crippen LogP contribution in [0.1, 0.15) is 45.1 Å². The van der Waals surface area contributed by atoms with Crippen molar-refractivity contribution >= 4 is 67.5 Å². The van der Waals surface area contributed by atoms with E-state index in [9.17, 15) is 32.8 Å². The van der Waals surface area contributed by atoms with Gasteiger partial charge in [0.2, 0.25) is 5.95 Å². The first-order chi connectivity index (χ1) is 29.0. The van der Waals surface area contributed by atoms with E-state index in [0.717, 1.165) is 11.3 Å². The van der Waals surface area contributed by atoms with Gasteiger partial charge in [0.15, 0.2) is 0 Å². The van der Waals surface area contributed by atoms with Crippen LogP contribution in [0.5, 0.6) is 5.75 Å². The van der Waals surface area contributed by atoms with Crippen molar-refractivity contribution in [2.24, 2.45) is 20.5 Å². The molecule has 0 saturated carbocycles. The molecule has 5 rings (SSSR count). The fraction of sp³-hybridized carbons (Fsp3) is 0.211. The lowest BCUT2D eigenvalue weighted by molar-refractivity contribution is -0.191. The largest absolute Gasteiger partial charge is 0.493 e. The van der Waals surface area contributed by atoms with E-state index in [1.807, 2.05) is 61.5 Å². The fourth-order valence-corrected chi connectivity index (χ4v) is 5.51. The van der Waals surface area contributed by atoms with E-state index in [1.165, 1.54) is 29.2 Å². The maximum absolute atomic E-state index is 11.6. The molecule has 0 atom stereocenters. The van der Waals surface area contributed by atoms with Crippen LogP contribution in [0.2, 0.25) is 0 Å². The average Bonchev–Trinajstić information content (AvgIpc) is 3.19. The van der Waals surface area contributed by atoms with Crippen LogP contribution < -0.4 is 9.64 Å². The van der Waals surface area contributed by atoms with Crippen molar-refractivity contribution in [3.63, 3.8) is 0 Å². The van der Waals surface area contributed by atoms with Crippen LogP contribution in [0.25, 0.3) is 0 Å². The van der Waals surface area contributed by atoms with Crippen molar-refractivity contribution in [2.45, 2.75) is 26.2 Å². The van der Waals surface area contributed by atoms with Crippen LogP contribution in [-0.2, 0) is 48.0 Å². The topological polar surface area (TPSA) is 315 Å². The summed E-state index contributed by atoms with van der Waals surface area (Å²) < 4.78 is 63.1. The lowest BCUT2D eigenvalue weighted by Gasteiger charge is -2.17. The summed E-state index contributed by atoms with van der Waals surface area (Å²) in [5.74, 6) is -1.46. The van der Waals surface area contributed by atoms with Crippen LogP contribution in [0, 0.1) is 6.92 Å². The summed E-state index contributed by atoms with van der Waals surface area (Å²) in [6, 6.07) is 26.0. The molecule has 318 valence electrons. The number of likely N-dealkylation sites (N-methyl/N-ethyl adjacent to an activating group) is 1. The molecule has 0 aliphatic heterocycles. The molecule has 23 heteroatoms. The number of rotatable bonds is 17. The number of carbonyl (C=O) groups excluding carboxylic acids is 2. The molecule has 5 aromatic rings. The smallest absolute Gasteiger partial charge is 0.425 e. The molecule has 0 spiro atoms. The highest BCUT2D eigenvalue weighted by molar-refractivity contribution is 7.85. The van der Waals surface area contributed by atoms with Gasteiger partial charge < -0.3 is 19.8 Å². The quantitative estimate of drug-likeness (QED) is 0.0591. The van der Waals surface area contributed by atoms with Gasteiger partial charge in [-0.25, -0.2) is 9.78 Å². The van der Waals surface area contributed by atoms with Gasteiger partial charge >= 0.3 is 28.7 Å². The van der Waals surface area contributed by atoms with Crippen LogP contribution in [0.3, 0.4) is 0 Å². The summed E-state index contributed by atoms with van der Waals surface area (Å²) in [7, 11) is -5.75. The summed E-state index contributed by atoms with van der Waals surface area (Å²) in [6.45, 7) is 1.39. The summed E-state index contributed by atoms with van der Waals surface area (Å²) in [4.78, 5) is 54.2. The normalized spacial score (nSPS) is 10.8. The monoisotopic (exact) mass is 876 g/mol. The first-order valence-corrected chi connectivity index (χ1v) is 20.0. The number of ether oxygens (including phenoxy) is 1. The molecular weight excluding hydrogens is 841 g/mol. The van der Waals surface area contributed by atoms with Crippen molar-refractivity contribution in [3.05, 3.63) is 125 Å². The number of nitrogens with zero attached hydrogens (tertiary/aromatic N) is 8. The van der Waals surface area contributed by atoms with Crippen LogP contribution in [-0.4, -0.2) is 94.8 Å². The highest BCUT2D eigenvalue weighted by atomic mass is 32.2. The lowest BCUT2D eigenvalue weighted by atomic mass is 10.1. The zero-order valence-electron chi connectivity index (χ0n) is 32.2. The molecular formula is C38H36N8O13S2. The number of aryl methyl sites for hydroxylation is 1. The van der Waals surface area contributed by atoms with Gasteiger partial charge in [-0.15, -0.1) is 12.6 Å². The molecule has 0 bridgehead atoms. The molecule has 4 aromatic carbocycles. The second-order valence-corrected chi connectivity index (χ2v) is 14.3. The Kier molecular flexibility index (Phi) is 18.7. The van der Waals surface area contributed by atoms with E-state index in [1.54, 1.807) is 19.2 Å². The third kappa shape index (κ3) is 17.9. The number of carboxylic acid groups (broad SMARTS) is 2. The van der Waals surface area contributed by atoms with Gasteiger partial charge in [0.25, 0.3) is 10.1 Å². The molecule has 0 radical (unpaired) electrons. The molecule has 1 heterocycles. The van der Waals surface area contributed by atoms with E-state index in [0.29, 0.717) is 52.0 Å². The minimum Gasteiger partial charge on any atom is -0.493 e. The van der Waals surface area contributed by atoms with Crippen molar-refractivity contribution in [1.82, 2.24) is 15.0 Å². The van der Waals surface area contributed by atoms with E-state index in [-0.39, 0.29) is 43.7 Å². The first-order valence-electron chi connectivity index (χ1n) is 17.4. The Balaban J connectivity index is 0.00000132. The van der Waals surface area contributed by atoms with E-state index in [4.69, 9.17) is 31.9 Å². The van der Waals surface area contributed by atoms with Crippen molar-refractivity contribution < 1.29 is 59.7 Å². The first kappa shape index (κ1) is 47.9. The summed E-state index contributed by atoms with van der Waals surface area (Å²) in [5, 5.41) is 35.7. The van der Waals surface area contributed by atoms with Gasteiger partial charge in [-0.05, 0) is 79.1 Å². The number of aromatic carboxylic acids is 1. The highest BCUT2D eigenvalue weighted by Gasteiger charge is 2.17. The van der Waals surface area contributed by atoms with Gasteiger partial charge in [0.1, 0.15) is 23.9 Å². The number of benzene rings is 4. The standard InChI is InChI=1S/C37H36N8O8S.CO2.O3S/c1-24-19-27(32(53-17-6-18-54(50,51)52)22-31(24)44-43-30-15-11-26(12-16-30)36(48)49)21-34-38-33(39-37(40-34)45(2)23-35(46)47)20-25-9-13-29(14-10-25)42-41-28-7-4-3-5-8-28;2-1-3;1-4(2)3/h3-5,7-16,19,22H,6,17-18,20-21,23H2,1-2H3,(H,46,47)(H,48,49)(H,50,51,52);;. The Hall–Kier alpha value is -7.46. The summed E-state index contributed by atoms with van der Waals surface area (Å²) >= 11 is 0. The Morgan fingerprint density at radius 2 is 1.31 bits per heavy atom. The predicted octanol–water partition coefficient (Wildman–Crippen LogP) is 5.48. The number of anilines is 1. The van der Waals surface area contributed by atoms with Crippen LogP contribution >= 0.6 is 0 Å². The Morgan fingerprint density at radius 1 is 0.787 bits per heavy atom. The number of azo groups is 2. The molecule has 0 aliphatic rings. The molecule has 61 heavy (non-hydrogen) atoms. The highest BCUT2D eigenvalue weighted by Crippen LogP contribution is 2.32. The number of hydrogen-bond acceptors (Lipinski definition) is 18. The maximum atomic E-state index is 11.6. The Morgan fingerprint density at radius 3 is 1.85 bits per heavy atom. The summed E-state index contributed by atoms with van der Waals surface area (Å²) in [5.41, 5.74) is 4.50. The van der Waals surface area contributed by atoms with Gasteiger partial charge in [-0.2, -0.15) is 48.4 Å². The Labute approximate surface area is 349 Å². The van der Waals surface area contributed by atoms with Crippen molar-refractivity contribution in [2.75, 3.05) is 30.9 Å². The third-order valence-corrected chi connectivity index (χ3v) is 8.49. The zero-order chi connectivity index (χ0) is 45.0. The molecule has 3 N–H and O–H groups in total. The molecule has 1 aromatic heterocycles. The third-order valence-electron chi connectivity index (χ3n) is 7.69. The molecule has 0 unspecified atom stereocenters. The van der Waals surface area contributed by atoms with Crippen LogP contribution in [0.15, 0.2) is 111 Å². The Bertz CT molecular complexity index is 2600. The molecule has 0 fully saturated rings. The van der Waals surface area contributed by atoms with Gasteiger partial charge in [0, 0.05) is 31.5 Å². The lowest BCUT2D eigenvalue weighted by Crippen LogP contribution is -2.28. The van der Waals surface area contributed by atoms with Gasteiger partial charge in [-0.1, -0.05) is 30.3 Å². The van der Waals surface area contributed by atoms with Crippen LogP contribution in [0.4, 0.5) is 28.7 Å². The predicted molar refractivity (Wildman–Crippen MR) is 213 cm³/mol. The molecule has 0 aliphatic carbocycles. The average molecular weight is 877 g/mol. The van der Waals surface area contributed by atoms with E-state index >= 15 is 0 Å².